The Balaban J connectivity index is 2.62. The van der Waals surface area contributed by atoms with Crippen LogP contribution in [-0.4, -0.2) is 22.2 Å². The molecular formula is C16H22N2O2. The van der Waals surface area contributed by atoms with E-state index in [1.165, 1.54) is 16.6 Å². The van der Waals surface area contributed by atoms with E-state index in [2.05, 4.69) is 30.5 Å². The number of carbonyl (C=O) groups is 1. The van der Waals surface area contributed by atoms with E-state index in [9.17, 15) is 4.79 Å². The Kier molecular flexibility index (Phi) is 4.45. The first-order valence-corrected chi connectivity index (χ1v) is 7.12. The first-order chi connectivity index (χ1) is 9.60. The molecule has 4 heteroatoms. The molecule has 0 bridgehead atoms. The van der Waals surface area contributed by atoms with Crippen molar-refractivity contribution in [1.29, 1.82) is 0 Å². The molecule has 108 valence electrons. The normalized spacial score (nSPS) is 12.8. The highest BCUT2D eigenvalue weighted by Crippen LogP contribution is 2.32. The standard InChI is InChI=1S/C16H22N2O2/c1-3-13-16(11(2)10-17)12-6-4-5-7-14(12)18(13)9-8-15(19)20/h4-7,11H,3,8-10,17H2,1-2H3,(H,19,20). The summed E-state index contributed by atoms with van der Waals surface area (Å²) in [7, 11) is 0. The number of nitrogens with two attached hydrogens (primary N) is 1. The van der Waals surface area contributed by atoms with Crippen LogP contribution in [0.15, 0.2) is 24.3 Å². The third-order valence-corrected chi connectivity index (χ3v) is 3.85. The average molecular weight is 274 g/mol. The van der Waals surface area contributed by atoms with Gasteiger partial charge in [-0.15, -0.1) is 0 Å². The summed E-state index contributed by atoms with van der Waals surface area (Å²) >= 11 is 0. The number of aromatic nitrogens is 1. The Morgan fingerprint density at radius 3 is 2.70 bits per heavy atom. The Bertz CT molecular complexity index is 616. The molecule has 0 radical (unpaired) electrons. The van der Waals surface area contributed by atoms with Gasteiger partial charge in [0.1, 0.15) is 0 Å². The smallest absolute Gasteiger partial charge is 0.305 e. The van der Waals surface area contributed by atoms with Crippen LogP contribution in [0.4, 0.5) is 0 Å². The van der Waals surface area contributed by atoms with Crippen molar-refractivity contribution >= 4 is 16.9 Å². The Hall–Kier alpha value is -1.81. The number of hydrogen-bond donors (Lipinski definition) is 2. The van der Waals surface area contributed by atoms with Crippen molar-refractivity contribution in [1.82, 2.24) is 4.57 Å². The number of carboxylic acids is 1. The summed E-state index contributed by atoms with van der Waals surface area (Å²) in [5.74, 6) is -0.487. The number of fused-ring (bicyclic) bond motifs is 1. The van der Waals surface area contributed by atoms with Crippen LogP contribution in [0.25, 0.3) is 10.9 Å². The fourth-order valence-electron chi connectivity index (χ4n) is 2.89. The highest BCUT2D eigenvalue weighted by Gasteiger charge is 2.19. The third kappa shape index (κ3) is 2.56. The van der Waals surface area contributed by atoms with Gasteiger partial charge in [-0.1, -0.05) is 32.0 Å². The zero-order valence-electron chi connectivity index (χ0n) is 12.1. The minimum Gasteiger partial charge on any atom is -0.481 e. The molecule has 0 aliphatic carbocycles. The van der Waals surface area contributed by atoms with Crippen molar-refractivity contribution in [2.45, 2.75) is 39.2 Å². The maximum Gasteiger partial charge on any atom is 0.305 e. The van der Waals surface area contributed by atoms with Gasteiger partial charge in [0.05, 0.1) is 6.42 Å². The Labute approximate surface area is 119 Å². The summed E-state index contributed by atoms with van der Waals surface area (Å²) in [6.07, 6.45) is 1.02. The number of benzene rings is 1. The number of hydrogen-bond acceptors (Lipinski definition) is 2. The molecule has 0 saturated carbocycles. The lowest BCUT2D eigenvalue weighted by Crippen LogP contribution is -2.12. The largest absolute Gasteiger partial charge is 0.481 e. The molecule has 0 fully saturated rings. The van der Waals surface area contributed by atoms with E-state index in [1.54, 1.807) is 0 Å². The zero-order chi connectivity index (χ0) is 14.7. The van der Waals surface area contributed by atoms with E-state index < -0.39 is 5.97 Å². The number of carboxylic acid groups (broad SMARTS) is 1. The molecule has 3 N–H and O–H groups in total. The molecule has 4 nitrogen and oxygen atoms in total. The van der Waals surface area contributed by atoms with Crippen molar-refractivity contribution in [3.8, 4) is 0 Å². The molecule has 1 atom stereocenters. The number of aryl methyl sites for hydroxylation is 1. The van der Waals surface area contributed by atoms with Gasteiger partial charge < -0.3 is 15.4 Å². The third-order valence-electron chi connectivity index (χ3n) is 3.85. The monoisotopic (exact) mass is 274 g/mol. The highest BCUT2D eigenvalue weighted by atomic mass is 16.4. The number of para-hydroxylation sites is 1. The molecule has 2 rings (SSSR count). The van der Waals surface area contributed by atoms with E-state index in [0.29, 0.717) is 13.1 Å². The van der Waals surface area contributed by atoms with Gasteiger partial charge in [0.15, 0.2) is 0 Å². The molecule has 1 aromatic heterocycles. The minimum atomic E-state index is -0.766. The summed E-state index contributed by atoms with van der Waals surface area (Å²) in [5, 5.41) is 10.1. The predicted molar refractivity (Wildman–Crippen MR) is 81.0 cm³/mol. The fraction of sp³-hybridized carbons (Fsp3) is 0.438. The van der Waals surface area contributed by atoms with Crippen LogP contribution in [0.2, 0.25) is 0 Å². The Morgan fingerprint density at radius 1 is 1.40 bits per heavy atom. The second-order valence-electron chi connectivity index (χ2n) is 5.16. The Morgan fingerprint density at radius 2 is 2.10 bits per heavy atom. The summed E-state index contributed by atoms with van der Waals surface area (Å²) in [6.45, 7) is 5.34. The molecule has 1 unspecified atom stereocenters. The molecule has 1 aromatic carbocycles. The topological polar surface area (TPSA) is 68.2 Å². The first-order valence-electron chi connectivity index (χ1n) is 7.12. The van der Waals surface area contributed by atoms with Crippen molar-refractivity contribution in [2.75, 3.05) is 6.54 Å². The van der Waals surface area contributed by atoms with Crippen LogP contribution in [0.3, 0.4) is 0 Å². The van der Waals surface area contributed by atoms with Crippen LogP contribution < -0.4 is 5.73 Å². The molecule has 20 heavy (non-hydrogen) atoms. The molecule has 0 aliphatic heterocycles. The van der Waals surface area contributed by atoms with Gasteiger partial charge in [0.2, 0.25) is 0 Å². The molecule has 0 spiro atoms. The van der Waals surface area contributed by atoms with E-state index in [0.717, 1.165) is 11.9 Å². The van der Waals surface area contributed by atoms with Gasteiger partial charge in [-0.05, 0) is 30.5 Å². The number of rotatable bonds is 6. The second-order valence-corrected chi connectivity index (χ2v) is 5.16. The van der Waals surface area contributed by atoms with Gasteiger partial charge in [0, 0.05) is 23.1 Å². The van der Waals surface area contributed by atoms with Gasteiger partial charge in [0.25, 0.3) is 0 Å². The molecule has 0 aliphatic rings. The summed E-state index contributed by atoms with van der Waals surface area (Å²) < 4.78 is 2.14. The summed E-state index contributed by atoms with van der Waals surface area (Å²) in [4.78, 5) is 10.9. The van der Waals surface area contributed by atoms with Gasteiger partial charge >= 0.3 is 5.97 Å². The summed E-state index contributed by atoms with van der Waals surface area (Å²) in [6, 6.07) is 8.18. The van der Waals surface area contributed by atoms with E-state index >= 15 is 0 Å². The molecule has 1 heterocycles. The fourth-order valence-corrected chi connectivity index (χ4v) is 2.89. The lowest BCUT2D eigenvalue weighted by Gasteiger charge is -2.13. The number of nitrogens with zero attached hydrogens (tertiary/aromatic N) is 1. The van der Waals surface area contributed by atoms with Gasteiger partial charge in [-0.25, -0.2) is 0 Å². The minimum absolute atomic E-state index is 0.141. The van der Waals surface area contributed by atoms with Crippen molar-refractivity contribution in [2.24, 2.45) is 5.73 Å². The van der Waals surface area contributed by atoms with E-state index in [-0.39, 0.29) is 12.3 Å². The highest BCUT2D eigenvalue weighted by molar-refractivity contribution is 5.86. The SMILES string of the molecule is CCc1c(C(C)CN)c2ccccc2n1CCC(=O)O. The van der Waals surface area contributed by atoms with Crippen LogP contribution >= 0.6 is 0 Å². The van der Waals surface area contributed by atoms with Crippen molar-refractivity contribution < 1.29 is 9.90 Å². The van der Waals surface area contributed by atoms with E-state index in [4.69, 9.17) is 10.8 Å². The maximum absolute atomic E-state index is 10.9. The second kappa shape index (κ2) is 6.09. The van der Waals surface area contributed by atoms with Crippen molar-refractivity contribution in [3.63, 3.8) is 0 Å². The van der Waals surface area contributed by atoms with Gasteiger partial charge in [-0.3, -0.25) is 4.79 Å². The lowest BCUT2D eigenvalue weighted by atomic mass is 9.97. The first kappa shape index (κ1) is 14.6. The summed E-state index contributed by atoms with van der Waals surface area (Å²) in [5.41, 5.74) is 9.45. The average Bonchev–Trinajstić information content (AvgIpc) is 2.77. The molecular weight excluding hydrogens is 252 g/mol. The predicted octanol–water partition coefficient (Wildman–Crippen LogP) is 2.74. The lowest BCUT2D eigenvalue weighted by molar-refractivity contribution is -0.137. The van der Waals surface area contributed by atoms with Crippen LogP contribution in [0.5, 0.6) is 0 Å². The molecule has 0 amide bonds. The van der Waals surface area contributed by atoms with Gasteiger partial charge in [-0.2, -0.15) is 0 Å². The van der Waals surface area contributed by atoms with Crippen LogP contribution in [0, 0.1) is 0 Å². The van der Waals surface area contributed by atoms with Crippen molar-refractivity contribution in [3.05, 3.63) is 35.5 Å². The quantitative estimate of drug-likeness (QED) is 0.851. The molecule has 2 aromatic rings. The van der Waals surface area contributed by atoms with E-state index in [1.807, 2.05) is 12.1 Å². The molecule has 0 saturated heterocycles. The van der Waals surface area contributed by atoms with Crippen LogP contribution in [0.1, 0.15) is 37.4 Å². The zero-order valence-corrected chi connectivity index (χ0v) is 12.1. The maximum atomic E-state index is 10.9. The number of aliphatic carboxylic acids is 1. The van der Waals surface area contributed by atoms with Crippen LogP contribution in [-0.2, 0) is 17.8 Å².